The third-order valence-corrected chi connectivity index (χ3v) is 4.21. The normalized spacial score (nSPS) is 14.5. The first-order valence-corrected chi connectivity index (χ1v) is 8.53. The van der Waals surface area contributed by atoms with E-state index in [1.165, 1.54) is 38.5 Å². The van der Waals surface area contributed by atoms with E-state index < -0.39 is 6.10 Å². The summed E-state index contributed by atoms with van der Waals surface area (Å²) in [5.41, 5.74) is 0. The largest absolute Gasteiger partial charge is 0.386 e. The lowest BCUT2D eigenvalue weighted by Gasteiger charge is -2.10. The summed E-state index contributed by atoms with van der Waals surface area (Å²) in [5.74, 6) is 0. The minimum Gasteiger partial charge on any atom is -0.386 e. The van der Waals surface area contributed by atoms with Crippen LogP contribution in [0.15, 0.2) is 10.6 Å². The van der Waals surface area contributed by atoms with Gasteiger partial charge in [0.1, 0.15) is 9.84 Å². The van der Waals surface area contributed by atoms with E-state index >= 15 is 0 Å². The number of allylic oxidation sites excluding steroid dienone is 1. The lowest BCUT2D eigenvalue weighted by molar-refractivity contribution is 0.240. The van der Waals surface area contributed by atoms with Crippen LogP contribution in [0.2, 0.25) is 0 Å². The van der Waals surface area contributed by atoms with Gasteiger partial charge in [0.2, 0.25) is 0 Å². The predicted octanol–water partition coefficient (Wildman–Crippen LogP) is 5.49. The lowest BCUT2D eigenvalue weighted by atomic mass is 10.1. The van der Waals surface area contributed by atoms with Gasteiger partial charge in [-0.25, -0.2) is 0 Å². The van der Waals surface area contributed by atoms with Crippen molar-refractivity contribution in [3.63, 3.8) is 0 Å². The molecule has 0 aromatic rings. The molecule has 1 N–H and O–H groups in total. The Morgan fingerprint density at radius 1 is 1.12 bits per heavy atom. The SMILES string of the molecule is CCCCCCCC/C=C(\Br)C(O)C(Br)Br. The van der Waals surface area contributed by atoms with E-state index in [2.05, 4.69) is 60.8 Å². The third-order valence-electron chi connectivity index (χ3n) is 2.42. The summed E-state index contributed by atoms with van der Waals surface area (Å²) in [6, 6.07) is 0. The molecule has 0 bridgehead atoms. The van der Waals surface area contributed by atoms with Crippen molar-refractivity contribution in [1.82, 2.24) is 0 Å². The maximum Gasteiger partial charge on any atom is 0.107 e. The zero-order valence-corrected chi connectivity index (χ0v) is 14.5. The highest BCUT2D eigenvalue weighted by molar-refractivity contribution is 9.24. The Morgan fingerprint density at radius 2 is 1.69 bits per heavy atom. The number of aliphatic hydroxyl groups is 1. The van der Waals surface area contributed by atoms with Crippen LogP contribution in [0.25, 0.3) is 0 Å². The Bertz CT molecular complexity index is 193. The Morgan fingerprint density at radius 3 is 2.25 bits per heavy atom. The molecule has 1 unspecified atom stereocenters. The highest BCUT2D eigenvalue weighted by Crippen LogP contribution is 2.24. The first kappa shape index (κ1) is 17.1. The van der Waals surface area contributed by atoms with Gasteiger partial charge < -0.3 is 5.11 Å². The number of rotatable bonds is 9. The molecule has 16 heavy (non-hydrogen) atoms. The summed E-state index contributed by atoms with van der Waals surface area (Å²) < 4.78 is 0.773. The Labute approximate surface area is 124 Å². The summed E-state index contributed by atoms with van der Waals surface area (Å²) in [6.07, 6.45) is 10.5. The maximum atomic E-state index is 9.66. The highest BCUT2D eigenvalue weighted by atomic mass is 79.9. The molecule has 0 spiro atoms. The number of hydrogen-bond acceptors (Lipinski definition) is 1. The minimum atomic E-state index is -0.500. The van der Waals surface area contributed by atoms with Gasteiger partial charge in [-0.3, -0.25) is 0 Å². The van der Waals surface area contributed by atoms with Gasteiger partial charge in [-0.15, -0.1) is 0 Å². The number of alkyl halides is 2. The van der Waals surface area contributed by atoms with Crippen LogP contribution in [0.1, 0.15) is 51.9 Å². The fourth-order valence-electron chi connectivity index (χ4n) is 1.41. The summed E-state index contributed by atoms with van der Waals surface area (Å²) in [7, 11) is 0. The molecule has 0 amide bonds. The number of aliphatic hydroxyl groups excluding tert-OH is 1. The topological polar surface area (TPSA) is 20.2 Å². The number of halogens is 3. The maximum absolute atomic E-state index is 9.66. The lowest BCUT2D eigenvalue weighted by Crippen LogP contribution is -2.14. The molecule has 0 rings (SSSR count). The van der Waals surface area contributed by atoms with Crippen molar-refractivity contribution < 1.29 is 5.11 Å². The van der Waals surface area contributed by atoms with Gasteiger partial charge in [0.15, 0.2) is 0 Å². The molecule has 0 aromatic heterocycles. The molecule has 0 aliphatic heterocycles. The summed E-state index contributed by atoms with van der Waals surface area (Å²) in [6.45, 7) is 2.23. The molecule has 0 aliphatic carbocycles. The molecule has 0 aromatic carbocycles. The van der Waals surface area contributed by atoms with Crippen LogP contribution in [0.4, 0.5) is 0 Å². The van der Waals surface area contributed by atoms with Crippen molar-refractivity contribution in [3.05, 3.63) is 10.6 Å². The van der Waals surface area contributed by atoms with Crippen LogP contribution in [0.3, 0.4) is 0 Å². The van der Waals surface area contributed by atoms with Gasteiger partial charge in [-0.2, -0.15) is 0 Å². The van der Waals surface area contributed by atoms with Gasteiger partial charge >= 0.3 is 0 Å². The van der Waals surface area contributed by atoms with Crippen LogP contribution in [0, 0.1) is 0 Å². The molecule has 0 saturated heterocycles. The molecule has 0 saturated carbocycles. The Balaban J connectivity index is 3.52. The average Bonchev–Trinajstić information content (AvgIpc) is 2.26. The third kappa shape index (κ3) is 9.20. The second kappa shape index (κ2) is 11.2. The quantitative estimate of drug-likeness (QED) is 0.386. The first-order chi connectivity index (χ1) is 7.59. The van der Waals surface area contributed by atoms with Crippen molar-refractivity contribution in [1.29, 1.82) is 0 Å². The van der Waals surface area contributed by atoms with E-state index in [1.54, 1.807) is 0 Å². The van der Waals surface area contributed by atoms with Gasteiger partial charge in [0.25, 0.3) is 0 Å². The Kier molecular flexibility index (Phi) is 12.0. The van der Waals surface area contributed by atoms with Gasteiger partial charge in [-0.1, -0.05) is 92.9 Å². The minimum absolute atomic E-state index is 0.0878. The summed E-state index contributed by atoms with van der Waals surface area (Å²) in [4.78, 5) is 0. The van der Waals surface area contributed by atoms with Gasteiger partial charge in [-0.05, 0) is 12.8 Å². The first-order valence-electron chi connectivity index (χ1n) is 5.91. The van der Waals surface area contributed by atoms with Crippen LogP contribution in [-0.2, 0) is 0 Å². The molecular formula is C12H21Br3O. The van der Waals surface area contributed by atoms with E-state index in [-0.39, 0.29) is 3.74 Å². The van der Waals surface area contributed by atoms with Gasteiger partial charge in [0, 0.05) is 4.48 Å². The standard InChI is InChI=1S/C12H21Br3O/c1-2-3-4-5-6-7-8-9-10(13)11(16)12(14)15/h9,11-12,16H,2-8H2,1H3/b10-9-. The van der Waals surface area contributed by atoms with Crippen molar-refractivity contribution in [2.75, 3.05) is 0 Å². The molecule has 4 heteroatoms. The molecule has 0 heterocycles. The molecular weight excluding hydrogens is 400 g/mol. The molecule has 0 radical (unpaired) electrons. The summed E-state index contributed by atoms with van der Waals surface area (Å²) >= 11 is 9.96. The van der Waals surface area contributed by atoms with Crippen LogP contribution >= 0.6 is 47.8 Å². The van der Waals surface area contributed by atoms with Crippen molar-refractivity contribution in [3.8, 4) is 0 Å². The number of hydrogen-bond donors (Lipinski definition) is 1. The zero-order chi connectivity index (χ0) is 12.4. The monoisotopic (exact) mass is 418 g/mol. The smallest absolute Gasteiger partial charge is 0.107 e. The van der Waals surface area contributed by atoms with Crippen molar-refractivity contribution in [2.45, 2.75) is 61.7 Å². The van der Waals surface area contributed by atoms with E-state index in [1.807, 2.05) is 0 Å². The zero-order valence-electron chi connectivity index (χ0n) is 9.76. The van der Waals surface area contributed by atoms with Gasteiger partial charge in [0.05, 0.1) is 0 Å². The highest BCUT2D eigenvalue weighted by Gasteiger charge is 2.14. The molecule has 96 valence electrons. The fourth-order valence-corrected chi connectivity index (χ4v) is 3.18. The predicted molar refractivity (Wildman–Crippen MR) is 82.7 cm³/mol. The Hall–Kier alpha value is 1.14. The van der Waals surface area contributed by atoms with Crippen molar-refractivity contribution in [2.24, 2.45) is 0 Å². The molecule has 0 fully saturated rings. The fraction of sp³-hybridized carbons (Fsp3) is 0.833. The van der Waals surface area contributed by atoms with E-state index in [0.29, 0.717) is 0 Å². The molecule has 1 atom stereocenters. The van der Waals surface area contributed by atoms with Crippen LogP contribution in [0.5, 0.6) is 0 Å². The molecule has 0 aliphatic rings. The van der Waals surface area contributed by atoms with Crippen molar-refractivity contribution >= 4 is 47.8 Å². The van der Waals surface area contributed by atoms with E-state index in [4.69, 9.17) is 0 Å². The second-order valence-electron chi connectivity index (χ2n) is 3.92. The van der Waals surface area contributed by atoms with Crippen LogP contribution < -0.4 is 0 Å². The van der Waals surface area contributed by atoms with E-state index in [9.17, 15) is 5.11 Å². The number of unbranched alkanes of at least 4 members (excludes halogenated alkanes) is 6. The average molecular weight is 421 g/mol. The molecule has 1 nitrogen and oxygen atoms in total. The van der Waals surface area contributed by atoms with Crippen LogP contribution in [-0.4, -0.2) is 14.9 Å². The van der Waals surface area contributed by atoms with E-state index in [0.717, 1.165) is 10.9 Å². The second-order valence-corrected chi connectivity index (χ2v) is 8.04. The summed E-state index contributed by atoms with van der Waals surface area (Å²) in [5, 5.41) is 9.66.